The highest BCUT2D eigenvalue weighted by Crippen LogP contribution is 2.37. The van der Waals surface area contributed by atoms with Crippen LogP contribution in [0.5, 0.6) is 0 Å². The van der Waals surface area contributed by atoms with Crippen molar-refractivity contribution in [2.45, 2.75) is 43.0 Å². The third kappa shape index (κ3) is 2.57. The Morgan fingerprint density at radius 1 is 1.26 bits per heavy atom. The van der Waals surface area contributed by atoms with Gasteiger partial charge < -0.3 is 4.90 Å². The van der Waals surface area contributed by atoms with Crippen LogP contribution in [-0.2, 0) is 0 Å². The molecule has 102 valence electrons. The van der Waals surface area contributed by atoms with Crippen LogP contribution in [0, 0.1) is 5.92 Å². The summed E-state index contributed by atoms with van der Waals surface area (Å²) in [6.45, 7) is 0.914. The zero-order valence-corrected chi connectivity index (χ0v) is 13.3. The van der Waals surface area contributed by atoms with Crippen LogP contribution in [0.4, 0.5) is 0 Å². The van der Waals surface area contributed by atoms with Crippen LogP contribution >= 0.6 is 28.6 Å². The van der Waals surface area contributed by atoms with Gasteiger partial charge in [0.15, 0.2) is 0 Å². The zero-order valence-electron chi connectivity index (χ0n) is 10.8. The van der Waals surface area contributed by atoms with Crippen LogP contribution < -0.4 is 0 Å². The first kappa shape index (κ1) is 13.5. The molecule has 0 bridgehead atoms. The maximum Gasteiger partial charge on any atom is 0.255 e. The number of thiol groups is 1. The number of nitrogens with zero attached hydrogens (tertiary/aromatic N) is 1. The van der Waals surface area contributed by atoms with E-state index in [-0.39, 0.29) is 5.91 Å². The van der Waals surface area contributed by atoms with Crippen LogP contribution in [0.25, 0.3) is 0 Å². The minimum atomic E-state index is 0.164. The fourth-order valence-electron chi connectivity index (χ4n) is 3.49. The van der Waals surface area contributed by atoms with Crippen LogP contribution in [0.2, 0.25) is 0 Å². The Balaban J connectivity index is 1.85. The summed E-state index contributed by atoms with van der Waals surface area (Å²) >= 11 is 7.82. The van der Waals surface area contributed by atoms with E-state index >= 15 is 0 Å². The second-order valence-corrected chi connectivity index (χ2v) is 6.93. The van der Waals surface area contributed by atoms with E-state index in [4.69, 9.17) is 0 Å². The normalized spacial score (nSPS) is 26.3. The number of carbonyl (C=O) groups is 1. The third-order valence-corrected chi connectivity index (χ3v) is 5.42. The second-order valence-electron chi connectivity index (χ2n) is 5.56. The van der Waals surface area contributed by atoms with Gasteiger partial charge in [0, 0.05) is 22.0 Å². The van der Waals surface area contributed by atoms with Gasteiger partial charge in [0.1, 0.15) is 0 Å². The predicted molar refractivity (Wildman–Crippen MR) is 82.8 cm³/mol. The van der Waals surface area contributed by atoms with Gasteiger partial charge in [-0.05, 0) is 59.3 Å². The SMILES string of the molecule is O=C(c1cc(S)ccc1Br)N1CCC2CCCCC21. The standard InChI is InChI=1S/C15H18BrNOS/c16-13-6-5-11(19)9-12(13)15(18)17-8-7-10-3-1-2-4-14(10)17/h5-6,9-10,14,19H,1-4,7-8H2. The molecule has 4 heteroatoms. The maximum absolute atomic E-state index is 12.7. The molecule has 1 aromatic carbocycles. The Morgan fingerprint density at radius 2 is 2.05 bits per heavy atom. The Morgan fingerprint density at radius 3 is 2.89 bits per heavy atom. The number of amides is 1. The fourth-order valence-corrected chi connectivity index (χ4v) is 4.11. The molecule has 1 aliphatic carbocycles. The fraction of sp³-hybridized carbons (Fsp3) is 0.533. The summed E-state index contributed by atoms with van der Waals surface area (Å²) in [5, 5.41) is 0. The van der Waals surface area contributed by atoms with Gasteiger partial charge in [0.05, 0.1) is 5.56 Å². The van der Waals surface area contributed by atoms with Crippen molar-refractivity contribution >= 4 is 34.5 Å². The molecule has 2 unspecified atom stereocenters. The van der Waals surface area contributed by atoms with Crippen LogP contribution in [0.15, 0.2) is 27.6 Å². The summed E-state index contributed by atoms with van der Waals surface area (Å²) in [6.07, 6.45) is 6.24. The molecule has 0 radical (unpaired) electrons. The topological polar surface area (TPSA) is 20.3 Å². The Bertz CT molecular complexity index is 505. The summed E-state index contributed by atoms with van der Waals surface area (Å²) in [5.74, 6) is 0.896. The lowest BCUT2D eigenvalue weighted by Gasteiger charge is -2.32. The second kappa shape index (κ2) is 5.49. The van der Waals surface area contributed by atoms with Crippen LogP contribution in [0.1, 0.15) is 42.5 Å². The molecular weight excluding hydrogens is 322 g/mol. The first-order valence-electron chi connectivity index (χ1n) is 6.96. The lowest BCUT2D eigenvalue weighted by Crippen LogP contribution is -2.39. The number of hydrogen-bond donors (Lipinski definition) is 1. The van der Waals surface area contributed by atoms with Crippen molar-refractivity contribution in [1.82, 2.24) is 4.90 Å². The molecule has 0 spiro atoms. The Labute approximate surface area is 128 Å². The maximum atomic E-state index is 12.7. The highest BCUT2D eigenvalue weighted by atomic mass is 79.9. The van der Waals surface area contributed by atoms with Gasteiger partial charge in [-0.3, -0.25) is 4.79 Å². The molecule has 1 saturated carbocycles. The lowest BCUT2D eigenvalue weighted by atomic mass is 9.85. The highest BCUT2D eigenvalue weighted by molar-refractivity contribution is 9.10. The first-order valence-corrected chi connectivity index (χ1v) is 8.20. The molecule has 1 aromatic rings. The van der Waals surface area contributed by atoms with Gasteiger partial charge in [-0.25, -0.2) is 0 Å². The van der Waals surface area contributed by atoms with Gasteiger partial charge in [-0.2, -0.15) is 0 Å². The molecule has 1 heterocycles. The van der Waals surface area contributed by atoms with Gasteiger partial charge in [0.25, 0.3) is 5.91 Å². The monoisotopic (exact) mass is 339 g/mol. The van der Waals surface area contributed by atoms with Crippen LogP contribution in [0.3, 0.4) is 0 Å². The molecule has 2 atom stereocenters. The van der Waals surface area contributed by atoms with Crippen LogP contribution in [-0.4, -0.2) is 23.4 Å². The number of hydrogen-bond acceptors (Lipinski definition) is 2. The van der Waals surface area contributed by atoms with Crippen molar-refractivity contribution in [2.24, 2.45) is 5.92 Å². The number of fused-ring (bicyclic) bond motifs is 1. The molecule has 2 nitrogen and oxygen atoms in total. The van der Waals surface area contributed by atoms with E-state index in [0.29, 0.717) is 6.04 Å². The van der Waals surface area contributed by atoms with Crippen molar-refractivity contribution in [3.05, 3.63) is 28.2 Å². The summed E-state index contributed by atoms with van der Waals surface area (Å²) in [6, 6.07) is 6.14. The number of likely N-dealkylation sites (tertiary alicyclic amines) is 1. The molecule has 19 heavy (non-hydrogen) atoms. The summed E-state index contributed by atoms with van der Waals surface area (Å²) < 4.78 is 0.870. The molecule has 2 aliphatic rings. The number of carbonyl (C=O) groups excluding carboxylic acids is 1. The minimum Gasteiger partial charge on any atom is -0.335 e. The minimum absolute atomic E-state index is 0.164. The molecular formula is C15H18BrNOS. The summed E-state index contributed by atoms with van der Waals surface area (Å²) in [5.41, 5.74) is 0.749. The summed E-state index contributed by atoms with van der Waals surface area (Å²) in [7, 11) is 0. The van der Waals surface area contributed by atoms with Gasteiger partial charge >= 0.3 is 0 Å². The predicted octanol–water partition coefficient (Wildman–Crippen LogP) is 4.14. The third-order valence-electron chi connectivity index (χ3n) is 4.45. The van der Waals surface area contributed by atoms with E-state index in [2.05, 4.69) is 33.5 Å². The van der Waals surface area contributed by atoms with Crippen molar-refractivity contribution in [3.8, 4) is 0 Å². The lowest BCUT2D eigenvalue weighted by molar-refractivity contribution is 0.0689. The average Bonchev–Trinajstić information content (AvgIpc) is 2.84. The Hall–Kier alpha value is -0.480. The molecule has 1 saturated heterocycles. The van der Waals surface area contributed by atoms with Gasteiger partial charge in [-0.15, -0.1) is 12.6 Å². The van der Waals surface area contributed by atoms with Crippen molar-refractivity contribution < 1.29 is 4.79 Å². The van der Waals surface area contributed by atoms with Gasteiger partial charge in [0.2, 0.25) is 0 Å². The summed E-state index contributed by atoms with van der Waals surface area (Å²) in [4.78, 5) is 15.7. The molecule has 0 aromatic heterocycles. The average molecular weight is 340 g/mol. The highest BCUT2D eigenvalue weighted by Gasteiger charge is 2.38. The number of benzene rings is 1. The van der Waals surface area contributed by atoms with Gasteiger partial charge in [-0.1, -0.05) is 12.8 Å². The molecule has 3 rings (SSSR count). The molecule has 2 fully saturated rings. The van der Waals surface area contributed by atoms with E-state index in [9.17, 15) is 4.79 Å². The largest absolute Gasteiger partial charge is 0.335 e. The molecule has 1 amide bonds. The van der Waals surface area contributed by atoms with Crippen molar-refractivity contribution in [1.29, 1.82) is 0 Å². The number of halogens is 1. The van der Waals surface area contributed by atoms with Crippen molar-refractivity contribution in [3.63, 3.8) is 0 Å². The number of rotatable bonds is 1. The smallest absolute Gasteiger partial charge is 0.255 e. The van der Waals surface area contributed by atoms with E-state index < -0.39 is 0 Å². The Kier molecular flexibility index (Phi) is 3.90. The van der Waals surface area contributed by atoms with E-state index in [1.165, 1.54) is 32.1 Å². The van der Waals surface area contributed by atoms with Crippen molar-refractivity contribution in [2.75, 3.05) is 6.54 Å². The first-order chi connectivity index (χ1) is 9.16. The molecule has 0 N–H and O–H groups in total. The van der Waals surface area contributed by atoms with E-state index in [0.717, 1.165) is 27.4 Å². The zero-order chi connectivity index (χ0) is 13.4. The van der Waals surface area contributed by atoms with E-state index in [1.54, 1.807) is 0 Å². The van der Waals surface area contributed by atoms with E-state index in [1.807, 2.05) is 18.2 Å². The molecule has 1 aliphatic heterocycles. The quantitative estimate of drug-likeness (QED) is 0.762.